The van der Waals surface area contributed by atoms with E-state index in [2.05, 4.69) is 204 Å². The lowest BCUT2D eigenvalue weighted by Gasteiger charge is -2.60. The molecule has 326 valence electrons. The zero-order valence-corrected chi connectivity index (χ0v) is 39.6. The van der Waals surface area contributed by atoms with Gasteiger partial charge in [-0.15, -0.1) is 0 Å². The van der Waals surface area contributed by atoms with Crippen LogP contribution in [-0.4, -0.2) is 46.7 Å². The van der Waals surface area contributed by atoms with Crippen molar-refractivity contribution in [3.05, 3.63) is 167 Å². The van der Waals surface area contributed by atoms with E-state index in [4.69, 9.17) is 0 Å². The largest absolute Gasteiger partial charge is 0.339 e. The molecule has 0 amide bonds. The Morgan fingerprint density at radius 2 is 1.46 bits per heavy atom. The van der Waals surface area contributed by atoms with Gasteiger partial charge in [0.05, 0.1) is 12.1 Å². The van der Waals surface area contributed by atoms with Crippen LogP contribution in [0.25, 0.3) is 0 Å². The highest BCUT2D eigenvalue weighted by atomic mass is 15.3. The molecule has 0 saturated carbocycles. The van der Waals surface area contributed by atoms with Gasteiger partial charge >= 0.3 is 0 Å². The standard InChI is InChI=1S/C59H72BN3/c1-57(2,3)40-29-32-51-47(33-40)48-34-41(58(4,5)6)35-50-56(48)63(51)54-37-42(59(7,8)39-21-13-9-14-22-39)36-53-55(54)60(50)49-31-30-46(38-52(49)62(53)45-27-19-12-20-28-45)61(43-23-15-10-16-24-43)44-25-17-11-18-26-44/h10-13,15-27,29,31-32,35,38,40,42,45-48,50-51,54,56H,9,14,28,30,33-34,36-37H2,1-8H3. The highest BCUT2D eigenvalue weighted by molar-refractivity contribution is 6.78. The third kappa shape index (κ3) is 6.85. The minimum absolute atomic E-state index is 0.0664. The molecule has 2 aromatic rings. The number of anilines is 2. The van der Waals surface area contributed by atoms with Gasteiger partial charge in [-0.1, -0.05) is 175 Å². The number of allylic oxidation sites excluding steroid dienone is 10. The van der Waals surface area contributed by atoms with E-state index in [9.17, 15) is 0 Å². The molecular formula is C59H72BN3. The van der Waals surface area contributed by atoms with E-state index in [1.807, 2.05) is 0 Å². The Bertz CT molecular complexity index is 2350. The predicted molar refractivity (Wildman–Crippen MR) is 267 cm³/mol. The smallest absolute Gasteiger partial charge is 0.219 e. The molecule has 0 radical (unpaired) electrons. The Kier molecular flexibility index (Phi) is 10.1. The fourth-order valence-electron chi connectivity index (χ4n) is 14.4. The van der Waals surface area contributed by atoms with Gasteiger partial charge in [0.25, 0.3) is 0 Å². The van der Waals surface area contributed by atoms with Crippen LogP contribution < -0.4 is 4.90 Å². The summed E-state index contributed by atoms with van der Waals surface area (Å²) in [5.41, 5.74) is 12.9. The molecule has 3 nitrogen and oxygen atoms in total. The quantitative estimate of drug-likeness (QED) is 0.212. The van der Waals surface area contributed by atoms with E-state index in [1.54, 1.807) is 27.8 Å². The van der Waals surface area contributed by atoms with Crippen LogP contribution in [0.1, 0.15) is 107 Å². The topological polar surface area (TPSA) is 9.72 Å². The van der Waals surface area contributed by atoms with Crippen molar-refractivity contribution in [3.63, 3.8) is 0 Å². The number of nitrogens with zero attached hydrogens (tertiary/aromatic N) is 3. The first-order valence-electron chi connectivity index (χ1n) is 25.0. The Balaban J connectivity index is 1.14. The van der Waals surface area contributed by atoms with E-state index in [-0.39, 0.29) is 28.3 Å². The lowest BCUT2D eigenvalue weighted by molar-refractivity contribution is 0.0840. The van der Waals surface area contributed by atoms with Gasteiger partial charge in [-0.2, -0.15) is 0 Å². The van der Waals surface area contributed by atoms with Crippen LogP contribution >= 0.6 is 0 Å². The summed E-state index contributed by atoms with van der Waals surface area (Å²) in [5.74, 6) is 2.98. The Hall–Kier alpha value is -4.28. The normalized spacial score (nSPS) is 33.5. The first kappa shape index (κ1) is 41.4. The maximum Gasteiger partial charge on any atom is 0.219 e. The Morgan fingerprint density at radius 1 is 0.714 bits per heavy atom. The van der Waals surface area contributed by atoms with Crippen molar-refractivity contribution in [1.29, 1.82) is 0 Å². The molecule has 0 N–H and O–H groups in total. The van der Waals surface area contributed by atoms with Crippen LogP contribution in [0.4, 0.5) is 11.4 Å². The van der Waals surface area contributed by atoms with Gasteiger partial charge in [0.15, 0.2) is 0 Å². The lowest BCUT2D eigenvalue weighted by Crippen LogP contribution is -2.64. The summed E-state index contributed by atoms with van der Waals surface area (Å²) in [6, 6.07) is 24.3. The molecule has 11 rings (SSSR count). The van der Waals surface area contributed by atoms with Crippen molar-refractivity contribution in [3.8, 4) is 0 Å². The molecule has 0 bridgehead atoms. The SMILES string of the molecule is CC(C)(C)C1=CC2B3C4=CCC(N(c5ccccc5)c5ccccc5)C=C4N(C4C=CC=CC4)C4=C3C(CC(C(C)(C)C3=CCCC=C3)C4)N3C4C=CC(C(C)(C)C)CC4C(C1)C23. The van der Waals surface area contributed by atoms with E-state index in [0.29, 0.717) is 54.3 Å². The summed E-state index contributed by atoms with van der Waals surface area (Å²) < 4.78 is 0. The molecule has 9 aliphatic rings. The van der Waals surface area contributed by atoms with Gasteiger partial charge < -0.3 is 9.80 Å². The molecule has 0 spiro atoms. The minimum atomic E-state index is 0.0664. The van der Waals surface area contributed by atoms with Crippen LogP contribution in [0.2, 0.25) is 5.82 Å². The molecule has 3 heterocycles. The summed E-state index contributed by atoms with van der Waals surface area (Å²) in [6.07, 6.45) is 40.2. The van der Waals surface area contributed by atoms with E-state index >= 15 is 0 Å². The summed E-state index contributed by atoms with van der Waals surface area (Å²) in [6.45, 7) is 20.6. The summed E-state index contributed by atoms with van der Waals surface area (Å²) in [7, 11) is 0. The maximum absolute atomic E-state index is 3.21. The molecule has 63 heavy (non-hydrogen) atoms. The molecule has 10 atom stereocenters. The Morgan fingerprint density at radius 3 is 2.11 bits per heavy atom. The number of para-hydroxylation sites is 2. The number of hydrogen-bond donors (Lipinski definition) is 0. The fraction of sp³-hybridized carbons (Fsp3) is 0.492. The van der Waals surface area contributed by atoms with E-state index in [1.165, 1.54) is 42.8 Å². The zero-order valence-electron chi connectivity index (χ0n) is 39.6. The van der Waals surface area contributed by atoms with Crippen LogP contribution in [0, 0.1) is 39.9 Å². The molecule has 10 unspecified atom stereocenters. The van der Waals surface area contributed by atoms with Crippen LogP contribution in [0.3, 0.4) is 0 Å². The third-order valence-electron chi connectivity index (χ3n) is 17.8. The van der Waals surface area contributed by atoms with Gasteiger partial charge in [0.2, 0.25) is 6.71 Å². The highest BCUT2D eigenvalue weighted by Crippen LogP contribution is 2.65. The van der Waals surface area contributed by atoms with Crippen LogP contribution in [0.5, 0.6) is 0 Å². The first-order chi connectivity index (χ1) is 30.3. The second-order valence-corrected chi connectivity index (χ2v) is 23.5. The molecular weight excluding hydrogens is 761 g/mol. The second-order valence-electron chi connectivity index (χ2n) is 23.5. The maximum atomic E-state index is 3.21. The molecule has 3 aliphatic heterocycles. The predicted octanol–water partition coefficient (Wildman–Crippen LogP) is 14.2. The van der Waals surface area contributed by atoms with Gasteiger partial charge in [-0.05, 0) is 133 Å². The second kappa shape index (κ2) is 15.4. The molecule has 6 aliphatic carbocycles. The van der Waals surface area contributed by atoms with E-state index < -0.39 is 0 Å². The molecule has 2 fully saturated rings. The van der Waals surface area contributed by atoms with Gasteiger partial charge in [0.1, 0.15) is 0 Å². The highest BCUT2D eigenvalue weighted by Gasteiger charge is 2.65. The monoisotopic (exact) mass is 834 g/mol. The van der Waals surface area contributed by atoms with Gasteiger partial charge in [-0.3, -0.25) is 4.90 Å². The minimum Gasteiger partial charge on any atom is -0.339 e. The fourth-order valence-corrected chi connectivity index (χ4v) is 14.4. The lowest BCUT2D eigenvalue weighted by atomic mass is 9.25. The summed E-state index contributed by atoms with van der Waals surface area (Å²) >= 11 is 0. The molecule has 2 aromatic carbocycles. The molecule has 0 aromatic heterocycles. The van der Waals surface area contributed by atoms with Crippen molar-refractivity contribution >= 4 is 18.1 Å². The average molecular weight is 834 g/mol. The Labute approximate surface area is 380 Å². The van der Waals surface area contributed by atoms with Crippen LogP contribution in [-0.2, 0) is 0 Å². The third-order valence-corrected chi connectivity index (χ3v) is 17.8. The van der Waals surface area contributed by atoms with Crippen molar-refractivity contribution in [2.75, 3.05) is 4.90 Å². The number of fused-ring (bicyclic) bond motifs is 7. The average Bonchev–Trinajstić information content (AvgIpc) is 3.62. The van der Waals surface area contributed by atoms with Crippen molar-refractivity contribution < 1.29 is 0 Å². The molecule has 2 saturated heterocycles. The zero-order chi connectivity index (χ0) is 43.4. The van der Waals surface area contributed by atoms with Crippen LogP contribution in [0.15, 0.2) is 167 Å². The van der Waals surface area contributed by atoms with Crippen molar-refractivity contribution in [2.45, 2.75) is 143 Å². The number of rotatable bonds is 6. The summed E-state index contributed by atoms with van der Waals surface area (Å²) in [5, 5.41) is 0. The van der Waals surface area contributed by atoms with E-state index in [0.717, 1.165) is 25.7 Å². The summed E-state index contributed by atoms with van der Waals surface area (Å²) in [4.78, 5) is 8.77. The van der Waals surface area contributed by atoms with Gasteiger partial charge in [-0.25, -0.2) is 0 Å². The van der Waals surface area contributed by atoms with Gasteiger partial charge in [0, 0.05) is 40.9 Å². The van der Waals surface area contributed by atoms with Crippen molar-refractivity contribution in [2.24, 2.45) is 39.9 Å². The first-order valence-corrected chi connectivity index (χ1v) is 25.0. The molecule has 4 heteroatoms. The van der Waals surface area contributed by atoms with Crippen molar-refractivity contribution in [1.82, 2.24) is 9.80 Å². The number of hydrogen-bond acceptors (Lipinski definition) is 3. The number of benzene rings is 2.